The molecule has 4 aliphatic rings. The lowest BCUT2D eigenvalue weighted by atomic mass is 9.90. The van der Waals surface area contributed by atoms with Gasteiger partial charge >= 0.3 is 0 Å². The molecule has 1 aromatic rings. The molecule has 1 aromatic heterocycles. The summed E-state index contributed by atoms with van der Waals surface area (Å²) in [4.78, 5) is 31.6. The van der Waals surface area contributed by atoms with Crippen LogP contribution in [-0.4, -0.2) is 73.1 Å². The first kappa shape index (κ1) is 17.6. The molecule has 6 nitrogen and oxygen atoms in total. The number of hydrogen-bond donors (Lipinski definition) is 1. The van der Waals surface area contributed by atoms with Gasteiger partial charge < -0.3 is 15.0 Å². The Morgan fingerprint density at radius 2 is 2.11 bits per heavy atom. The van der Waals surface area contributed by atoms with Gasteiger partial charge in [-0.3, -0.25) is 14.5 Å². The van der Waals surface area contributed by atoms with Crippen molar-refractivity contribution in [3.63, 3.8) is 0 Å². The summed E-state index contributed by atoms with van der Waals surface area (Å²) in [5.74, 6) is 0.898. The van der Waals surface area contributed by atoms with E-state index >= 15 is 0 Å². The first-order valence-electron chi connectivity index (χ1n) is 10.1. The molecule has 1 atom stereocenters. The van der Waals surface area contributed by atoms with E-state index in [1.807, 2.05) is 4.90 Å². The van der Waals surface area contributed by atoms with Crippen molar-refractivity contribution in [1.82, 2.24) is 15.1 Å². The Hall–Kier alpha value is -1.44. The number of fused-ring (bicyclic) bond motifs is 1. The number of nitrogens with one attached hydrogen (secondary N) is 1. The first-order valence-corrected chi connectivity index (χ1v) is 10.9. The smallest absolute Gasteiger partial charge is 0.264 e. The number of likely N-dealkylation sites (N-methyl/N-ethyl adjacent to an activating group) is 1. The minimum absolute atomic E-state index is 0.0332. The van der Waals surface area contributed by atoms with Crippen LogP contribution in [0.3, 0.4) is 0 Å². The molecule has 0 bridgehead atoms. The van der Waals surface area contributed by atoms with Gasteiger partial charge in [0.2, 0.25) is 5.91 Å². The topological polar surface area (TPSA) is 61.9 Å². The average Bonchev–Trinajstić information content (AvgIpc) is 3.18. The number of rotatable bonds is 4. The molecule has 0 radical (unpaired) electrons. The van der Waals surface area contributed by atoms with Crippen LogP contribution in [-0.2, 0) is 22.4 Å². The Balaban J connectivity index is 1.24. The highest BCUT2D eigenvalue weighted by Gasteiger charge is 2.52. The van der Waals surface area contributed by atoms with E-state index in [4.69, 9.17) is 4.74 Å². The normalized spacial score (nSPS) is 26.7. The molecule has 1 N–H and O–H groups in total. The number of amides is 2. The first-order chi connectivity index (χ1) is 13.1. The fraction of sp³-hybridized carbons (Fsp3) is 0.700. The van der Waals surface area contributed by atoms with Crippen molar-refractivity contribution in [3.05, 3.63) is 21.4 Å². The second-order valence-electron chi connectivity index (χ2n) is 8.57. The minimum Gasteiger partial charge on any atom is -0.368 e. The number of thiophene rings is 1. The van der Waals surface area contributed by atoms with Gasteiger partial charge in [-0.15, -0.1) is 11.3 Å². The third-order valence-corrected chi connectivity index (χ3v) is 7.65. The summed E-state index contributed by atoms with van der Waals surface area (Å²) in [7, 11) is 1.68. The third-order valence-electron chi connectivity index (χ3n) is 6.42. The van der Waals surface area contributed by atoms with E-state index in [1.54, 1.807) is 18.4 Å². The van der Waals surface area contributed by atoms with Crippen LogP contribution in [0.4, 0.5) is 0 Å². The second kappa shape index (κ2) is 6.57. The average molecular weight is 390 g/mol. The Morgan fingerprint density at radius 1 is 1.30 bits per heavy atom. The van der Waals surface area contributed by atoms with E-state index in [-0.39, 0.29) is 23.5 Å². The summed E-state index contributed by atoms with van der Waals surface area (Å²) in [5, 5.41) is 2.77. The zero-order valence-corrected chi connectivity index (χ0v) is 16.6. The molecule has 27 heavy (non-hydrogen) atoms. The van der Waals surface area contributed by atoms with Crippen molar-refractivity contribution in [1.29, 1.82) is 0 Å². The maximum absolute atomic E-state index is 12.8. The molecule has 146 valence electrons. The number of carbonyl (C=O) groups excluding carboxylic acids is 2. The Bertz CT molecular complexity index is 745. The van der Waals surface area contributed by atoms with Crippen LogP contribution in [0.15, 0.2) is 6.07 Å². The maximum atomic E-state index is 12.8. The van der Waals surface area contributed by atoms with Gasteiger partial charge in [0, 0.05) is 25.0 Å². The Kier molecular flexibility index (Phi) is 4.29. The SMILES string of the molecule is CNC(=O)[C@@H]1COC2(CN(C(=O)c3cc4c(s3)CCC4)C2)CN1CC1CC1. The molecule has 3 fully saturated rings. The highest BCUT2D eigenvalue weighted by atomic mass is 32.1. The van der Waals surface area contributed by atoms with Crippen molar-refractivity contribution in [3.8, 4) is 0 Å². The molecular formula is C20H27N3O3S. The van der Waals surface area contributed by atoms with Gasteiger partial charge in [0.15, 0.2) is 0 Å². The molecule has 2 amide bonds. The van der Waals surface area contributed by atoms with Gasteiger partial charge in [0.25, 0.3) is 5.91 Å². The van der Waals surface area contributed by atoms with Crippen molar-refractivity contribution < 1.29 is 14.3 Å². The zero-order chi connectivity index (χ0) is 18.6. The Morgan fingerprint density at radius 3 is 2.81 bits per heavy atom. The summed E-state index contributed by atoms with van der Waals surface area (Å²) in [6.45, 7) is 3.40. The third kappa shape index (κ3) is 3.19. The monoisotopic (exact) mass is 389 g/mol. The van der Waals surface area contributed by atoms with Gasteiger partial charge in [-0.05, 0) is 49.7 Å². The van der Waals surface area contributed by atoms with Crippen LogP contribution < -0.4 is 5.32 Å². The summed E-state index contributed by atoms with van der Waals surface area (Å²) >= 11 is 1.67. The van der Waals surface area contributed by atoms with Crippen molar-refractivity contribution >= 4 is 23.2 Å². The lowest BCUT2D eigenvalue weighted by molar-refractivity contribution is -0.191. The van der Waals surface area contributed by atoms with Crippen molar-refractivity contribution in [2.45, 2.75) is 43.7 Å². The summed E-state index contributed by atoms with van der Waals surface area (Å²) < 4.78 is 6.15. The van der Waals surface area contributed by atoms with Gasteiger partial charge in [-0.25, -0.2) is 0 Å². The van der Waals surface area contributed by atoms with Crippen LogP contribution >= 0.6 is 11.3 Å². The number of ether oxygens (including phenoxy) is 1. The van der Waals surface area contributed by atoms with Gasteiger partial charge in [0.05, 0.1) is 24.6 Å². The van der Waals surface area contributed by atoms with Gasteiger partial charge in [-0.1, -0.05) is 0 Å². The minimum atomic E-state index is -0.297. The van der Waals surface area contributed by atoms with E-state index in [1.165, 1.54) is 29.7 Å². The molecule has 0 aromatic carbocycles. The van der Waals surface area contributed by atoms with Gasteiger partial charge in [-0.2, -0.15) is 0 Å². The van der Waals surface area contributed by atoms with Crippen molar-refractivity contribution in [2.75, 3.05) is 39.8 Å². The second-order valence-corrected chi connectivity index (χ2v) is 9.71. The number of carbonyl (C=O) groups is 2. The predicted octanol–water partition coefficient (Wildman–Crippen LogP) is 1.29. The molecule has 1 spiro atoms. The lowest BCUT2D eigenvalue weighted by Gasteiger charge is -2.55. The number of nitrogens with zero attached hydrogens (tertiary/aromatic N) is 2. The molecule has 2 aliphatic carbocycles. The van der Waals surface area contributed by atoms with Gasteiger partial charge in [0.1, 0.15) is 11.6 Å². The van der Waals surface area contributed by atoms with E-state index in [0.29, 0.717) is 19.7 Å². The number of hydrogen-bond acceptors (Lipinski definition) is 5. The van der Waals surface area contributed by atoms with E-state index in [9.17, 15) is 9.59 Å². The molecular weight excluding hydrogens is 362 g/mol. The molecule has 7 heteroatoms. The molecule has 2 aliphatic heterocycles. The highest BCUT2D eigenvalue weighted by molar-refractivity contribution is 7.14. The van der Waals surface area contributed by atoms with Crippen LogP contribution in [0.25, 0.3) is 0 Å². The predicted molar refractivity (Wildman–Crippen MR) is 103 cm³/mol. The fourth-order valence-corrected chi connectivity index (χ4v) is 5.92. The molecule has 2 saturated heterocycles. The largest absolute Gasteiger partial charge is 0.368 e. The van der Waals surface area contributed by atoms with Crippen LogP contribution in [0.1, 0.15) is 39.4 Å². The van der Waals surface area contributed by atoms with Crippen LogP contribution in [0, 0.1) is 5.92 Å². The number of aryl methyl sites for hydroxylation is 2. The summed E-state index contributed by atoms with van der Waals surface area (Å²) in [6, 6.07) is 1.90. The number of likely N-dealkylation sites (tertiary alicyclic amines) is 1. The molecule has 5 rings (SSSR count). The van der Waals surface area contributed by atoms with Crippen molar-refractivity contribution in [2.24, 2.45) is 5.92 Å². The summed E-state index contributed by atoms with van der Waals surface area (Å²) in [5.41, 5.74) is 1.08. The highest BCUT2D eigenvalue weighted by Crippen LogP contribution is 2.37. The van der Waals surface area contributed by atoms with E-state index in [2.05, 4.69) is 16.3 Å². The number of morpholine rings is 1. The lowest BCUT2D eigenvalue weighted by Crippen LogP contribution is -2.73. The standard InChI is InChI=1S/C20H27N3O3S/c1-21-18(24)15-9-26-20(10-22(15)8-13-5-6-13)11-23(12-20)19(25)17-7-14-3-2-4-16(14)27-17/h7,13,15H,2-6,8-12H2,1H3,(H,21,24)/t15-/m0/s1. The molecule has 3 heterocycles. The summed E-state index contributed by atoms with van der Waals surface area (Å²) in [6.07, 6.45) is 5.98. The zero-order valence-electron chi connectivity index (χ0n) is 15.8. The van der Waals surface area contributed by atoms with E-state index < -0.39 is 0 Å². The van der Waals surface area contributed by atoms with E-state index in [0.717, 1.165) is 36.7 Å². The van der Waals surface area contributed by atoms with Crippen LogP contribution in [0.5, 0.6) is 0 Å². The quantitative estimate of drug-likeness (QED) is 0.843. The maximum Gasteiger partial charge on any atom is 0.264 e. The molecule has 1 saturated carbocycles. The van der Waals surface area contributed by atoms with Crippen LogP contribution in [0.2, 0.25) is 0 Å². The molecule has 0 unspecified atom stereocenters. The Labute approximate surface area is 163 Å². The fourth-order valence-electron chi connectivity index (χ4n) is 4.69.